The summed E-state index contributed by atoms with van der Waals surface area (Å²) in [4.78, 5) is 22.7. The van der Waals surface area contributed by atoms with Gasteiger partial charge in [-0.2, -0.15) is 8.42 Å². The van der Waals surface area contributed by atoms with Gasteiger partial charge in [0.2, 0.25) is 0 Å². The van der Waals surface area contributed by atoms with Crippen LogP contribution in [0, 0.1) is 15.5 Å². The zero-order valence-electron chi connectivity index (χ0n) is 14.8. The van der Waals surface area contributed by atoms with Crippen molar-refractivity contribution in [2.75, 3.05) is 18.2 Å². The van der Waals surface area contributed by atoms with Crippen molar-refractivity contribution in [2.45, 2.75) is 29.9 Å². The van der Waals surface area contributed by atoms with Crippen LogP contribution in [0.25, 0.3) is 0 Å². The molecule has 0 aliphatic rings. The first kappa shape index (κ1) is 22.7. The summed E-state index contributed by atoms with van der Waals surface area (Å²) in [6, 6.07) is 2.44. The van der Waals surface area contributed by atoms with Crippen LogP contribution in [0.4, 0.5) is 16.2 Å². The number of carbonyl (C=O) groups is 1. The van der Waals surface area contributed by atoms with Gasteiger partial charge in [-0.1, -0.05) is 6.92 Å². The molecular formula is C14H20N4O7S2. The number of hydrogen-bond acceptors (Lipinski definition) is 8. The monoisotopic (exact) mass is 420 g/mol. The van der Waals surface area contributed by atoms with Crippen molar-refractivity contribution in [3.8, 4) is 0 Å². The Bertz CT molecular complexity index is 872. The first-order valence-electron chi connectivity index (χ1n) is 7.52. The number of nitro benzene ring substituents is 1. The smallest absolute Gasteiger partial charge is 0.411 e. The summed E-state index contributed by atoms with van der Waals surface area (Å²) in [6.45, 7) is 2.77. The molecule has 1 unspecified atom stereocenters. The van der Waals surface area contributed by atoms with Gasteiger partial charge >= 0.3 is 6.09 Å². The lowest BCUT2D eigenvalue weighted by molar-refractivity contribution is -0.384. The molecular weight excluding hydrogens is 400 g/mol. The Hall–Kier alpha value is -2.38. The van der Waals surface area contributed by atoms with Crippen molar-refractivity contribution in [3.63, 3.8) is 0 Å². The fourth-order valence-electron chi connectivity index (χ4n) is 2.15. The molecule has 0 fully saturated rings. The Balaban J connectivity index is 3.93. The van der Waals surface area contributed by atoms with E-state index in [9.17, 15) is 27.9 Å². The Kier molecular flexibility index (Phi) is 7.17. The van der Waals surface area contributed by atoms with Crippen LogP contribution in [-0.2, 0) is 19.6 Å². The maximum Gasteiger partial charge on any atom is 0.411 e. The van der Waals surface area contributed by atoms with Crippen LogP contribution in [0.2, 0.25) is 0 Å². The standard InChI is InChI=1S/C14H20N4O7S2/c1-4-5-26-8-6-9(14(2,12(15)16)27(22,23)24)11(18(20)21)10(7-8)17-13(19)25-3/h6-7H,4-5H2,1-3H3,(H3,15,16)(H,17,19)(H,22,23,24). The second kappa shape index (κ2) is 8.54. The second-order valence-corrected chi connectivity index (χ2v) is 8.45. The molecule has 0 aromatic heterocycles. The van der Waals surface area contributed by atoms with E-state index >= 15 is 0 Å². The molecule has 27 heavy (non-hydrogen) atoms. The number of ether oxygens (including phenoxy) is 1. The molecule has 0 saturated carbocycles. The summed E-state index contributed by atoms with van der Waals surface area (Å²) in [7, 11) is -4.02. The van der Waals surface area contributed by atoms with Gasteiger partial charge < -0.3 is 10.5 Å². The fraction of sp³-hybridized carbons (Fsp3) is 0.429. The zero-order valence-corrected chi connectivity index (χ0v) is 16.4. The molecule has 150 valence electrons. The van der Waals surface area contributed by atoms with E-state index in [1.807, 2.05) is 6.92 Å². The molecule has 5 N–H and O–H groups in total. The number of rotatable bonds is 8. The van der Waals surface area contributed by atoms with Crippen molar-refractivity contribution in [1.29, 1.82) is 5.41 Å². The van der Waals surface area contributed by atoms with Gasteiger partial charge in [0.15, 0.2) is 4.75 Å². The van der Waals surface area contributed by atoms with Crippen LogP contribution in [0.15, 0.2) is 17.0 Å². The molecule has 0 heterocycles. The van der Waals surface area contributed by atoms with Gasteiger partial charge in [-0.05, 0) is 31.2 Å². The normalized spacial score (nSPS) is 13.5. The number of nitrogens with two attached hydrogens (primary N) is 1. The molecule has 1 amide bonds. The van der Waals surface area contributed by atoms with Gasteiger partial charge in [-0.15, -0.1) is 11.8 Å². The van der Waals surface area contributed by atoms with Crippen LogP contribution in [-0.4, -0.2) is 42.7 Å². The minimum absolute atomic E-state index is 0.348. The maximum absolute atomic E-state index is 12.0. The van der Waals surface area contributed by atoms with Crippen molar-refractivity contribution in [1.82, 2.24) is 0 Å². The van der Waals surface area contributed by atoms with Crippen molar-refractivity contribution in [3.05, 3.63) is 27.8 Å². The van der Waals surface area contributed by atoms with Crippen molar-refractivity contribution in [2.24, 2.45) is 5.73 Å². The third-order valence-corrected chi connectivity index (χ3v) is 6.36. The summed E-state index contributed by atoms with van der Waals surface area (Å²) in [5.74, 6) is -0.424. The highest BCUT2D eigenvalue weighted by atomic mass is 32.2. The Labute approximate surface area is 160 Å². The number of thioether (sulfide) groups is 1. The molecule has 1 atom stereocenters. The number of amides is 1. The number of nitrogens with one attached hydrogen (secondary N) is 2. The highest BCUT2D eigenvalue weighted by Gasteiger charge is 2.49. The molecule has 0 saturated heterocycles. The van der Waals surface area contributed by atoms with Crippen LogP contribution >= 0.6 is 11.8 Å². The number of anilines is 1. The van der Waals surface area contributed by atoms with Gasteiger partial charge in [-0.3, -0.25) is 25.4 Å². The fourth-order valence-corrected chi connectivity index (χ4v) is 3.70. The Morgan fingerprint density at radius 2 is 2.11 bits per heavy atom. The topological polar surface area (TPSA) is 186 Å². The summed E-state index contributed by atoms with van der Waals surface area (Å²) >= 11 is 1.24. The molecule has 0 spiro atoms. The first-order valence-corrected chi connectivity index (χ1v) is 9.94. The lowest BCUT2D eigenvalue weighted by Crippen LogP contribution is -2.45. The van der Waals surface area contributed by atoms with Gasteiger partial charge in [0.1, 0.15) is 11.5 Å². The number of nitro groups is 1. The third-order valence-electron chi connectivity index (χ3n) is 3.70. The molecule has 0 radical (unpaired) electrons. The number of hydrogen-bond donors (Lipinski definition) is 4. The number of methoxy groups -OCH3 is 1. The summed E-state index contributed by atoms with van der Waals surface area (Å²) in [6.07, 6.45) is -0.267. The molecule has 0 bridgehead atoms. The van der Waals surface area contributed by atoms with E-state index in [4.69, 9.17) is 11.1 Å². The highest BCUT2D eigenvalue weighted by molar-refractivity contribution is 7.99. The minimum atomic E-state index is -5.07. The van der Waals surface area contributed by atoms with E-state index < -0.39 is 43.0 Å². The number of amidine groups is 1. The molecule has 1 aromatic carbocycles. The van der Waals surface area contributed by atoms with Crippen molar-refractivity contribution >= 4 is 45.2 Å². The Morgan fingerprint density at radius 1 is 1.52 bits per heavy atom. The zero-order chi connectivity index (χ0) is 21.0. The SMILES string of the molecule is CCCSc1cc(NC(=O)OC)c([N+](=O)[O-])c(C(C)(C(=N)N)S(=O)(=O)O)c1. The highest BCUT2D eigenvalue weighted by Crippen LogP contribution is 2.43. The summed E-state index contributed by atoms with van der Waals surface area (Å²) < 4.78 is 35.5. The van der Waals surface area contributed by atoms with Gasteiger partial charge in [0, 0.05) is 4.90 Å². The molecule has 0 aliphatic carbocycles. The third kappa shape index (κ3) is 4.67. The average molecular weight is 420 g/mol. The lowest BCUT2D eigenvalue weighted by Gasteiger charge is -2.26. The van der Waals surface area contributed by atoms with Crippen molar-refractivity contribution < 1.29 is 27.4 Å². The van der Waals surface area contributed by atoms with Gasteiger partial charge in [0.25, 0.3) is 15.8 Å². The number of benzene rings is 1. The average Bonchev–Trinajstić information content (AvgIpc) is 2.56. The van der Waals surface area contributed by atoms with Gasteiger partial charge in [-0.25, -0.2) is 4.79 Å². The van der Waals surface area contributed by atoms with E-state index in [1.54, 1.807) is 0 Å². The predicted molar refractivity (Wildman–Crippen MR) is 101 cm³/mol. The van der Waals surface area contributed by atoms with Crippen LogP contribution in [0.5, 0.6) is 0 Å². The van der Waals surface area contributed by atoms with Crippen LogP contribution in [0.3, 0.4) is 0 Å². The molecule has 13 heteroatoms. The first-order chi connectivity index (χ1) is 12.4. The minimum Gasteiger partial charge on any atom is -0.453 e. The molecule has 11 nitrogen and oxygen atoms in total. The Morgan fingerprint density at radius 3 is 2.52 bits per heavy atom. The molecule has 1 rings (SSSR count). The van der Waals surface area contributed by atoms with Crippen LogP contribution < -0.4 is 11.1 Å². The summed E-state index contributed by atoms with van der Waals surface area (Å²) in [5.41, 5.74) is 3.67. The number of carbonyl (C=O) groups excluding carboxylic acids is 1. The van der Waals surface area contributed by atoms with E-state index in [1.165, 1.54) is 17.8 Å². The van der Waals surface area contributed by atoms with Crippen LogP contribution in [0.1, 0.15) is 25.8 Å². The second-order valence-electron chi connectivity index (χ2n) is 5.51. The molecule has 0 aliphatic heterocycles. The van der Waals surface area contributed by atoms with E-state index in [-0.39, 0.29) is 5.69 Å². The van der Waals surface area contributed by atoms with E-state index in [0.29, 0.717) is 10.6 Å². The van der Waals surface area contributed by atoms with E-state index in [0.717, 1.165) is 26.5 Å². The van der Waals surface area contributed by atoms with Gasteiger partial charge in [0.05, 0.1) is 17.6 Å². The molecule has 1 aromatic rings. The lowest BCUT2D eigenvalue weighted by atomic mass is 9.96. The largest absolute Gasteiger partial charge is 0.453 e. The quantitative estimate of drug-likeness (QED) is 0.122. The number of nitrogens with zero attached hydrogens (tertiary/aromatic N) is 1. The summed E-state index contributed by atoms with van der Waals surface area (Å²) in [5, 5.41) is 21.4. The predicted octanol–water partition coefficient (Wildman–Crippen LogP) is 2.31. The van der Waals surface area contributed by atoms with E-state index in [2.05, 4.69) is 10.1 Å². The maximum atomic E-state index is 12.0.